The van der Waals surface area contributed by atoms with Gasteiger partial charge in [-0.25, -0.2) is 4.98 Å². The third-order valence-electron chi connectivity index (χ3n) is 4.59. The summed E-state index contributed by atoms with van der Waals surface area (Å²) in [7, 11) is 0. The van der Waals surface area contributed by atoms with Crippen molar-refractivity contribution in [3.05, 3.63) is 66.0 Å². The zero-order chi connectivity index (χ0) is 16.2. The van der Waals surface area contributed by atoms with E-state index >= 15 is 0 Å². The highest BCUT2D eigenvalue weighted by Crippen LogP contribution is 2.25. The van der Waals surface area contributed by atoms with Gasteiger partial charge in [-0.2, -0.15) is 0 Å². The molecule has 1 N–H and O–H groups in total. The Morgan fingerprint density at radius 1 is 1.00 bits per heavy atom. The van der Waals surface area contributed by atoms with Crippen LogP contribution in [0, 0.1) is 0 Å². The molecule has 0 atom stereocenters. The fourth-order valence-electron chi connectivity index (χ4n) is 3.29. The number of hydrogen-bond acceptors (Lipinski definition) is 4. The topological polar surface area (TPSA) is 47.0 Å². The van der Waals surface area contributed by atoms with Crippen LogP contribution in [0.3, 0.4) is 0 Å². The molecule has 0 bridgehead atoms. The van der Waals surface area contributed by atoms with Crippen LogP contribution in [0.15, 0.2) is 54.7 Å². The summed E-state index contributed by atoms with van der Waals surface area (Å²) in [5.41, 5.74) is 3.22. The monoisotopic (exact) mass is 355 g/mol. The number of halogens is 1. The Bertz CT molecular complexity index is 829. The molecule has 0 radical (unpaired) electrons. The number of rotatable bonds is 4. The van der Waals surface area contributed by atoms with Crippen molar-refractivity contribution in [2.24, 2.45) is 0 Å². The second kappa shape index (κ2) is 8.28. The highest BCUT2D eigenvalue weighted by molar-refractivity contribution is 5.85. The van der Waals surface area contributed by atoms with Gasteiger partial charge < -0.3 is 10.1 Å². The molecule has 2 aromatic heterocycles. The number of ether oxygens (including phenoxy) is 1. The number of nitrogens with one attached hydrogen (secondary N) is 1. The number of piperidine rings is 1. The second-order valence-electron chi connectivity index (χ2n) is 6.21. The van der Waals surface area contributed by atoms with Crippen LogP contribution in [-0.2, 0) is 6.61 Å². The minimum atomic E-state index is 0. The van der Waals surface area contributed by atoms with Crippen molar-refractivity contribution in [2.75, 3.05) is 13.1 Å². The first-order valence-electron chi connectivity index (χ1n) is 8.53. The molecule has 1 saturated heterocycles. The molecule has 0 spiro atoms. The highest BCUT2D eigenvalue weighted by atomic mass is 35.5. The molecule has 1 aliphatic heterocycles. The number of benzene rings is 1. The Kier molecular flexibility index (Phi) is 5.84. The SMILES string of the molecule is Cl.c1cc(OCc2cccc3cccnc23)nc(C2CCNCC2)c1. The molecule has 1 fully saturated rings. The summed E-state index contributed by atoms with van der Waals surface area (Å²) < 4.78 is 5.96. The normalized spacial score (nSPS) is 14.9. The zero-order valence-electron chi connectivity index (χ0n) is 14.0. The van der Waals surface area contributed by atoms with Crippen molar-refractivity contribution in [1.29, 1.82) is 0 Å². The number of aromatic nitrogens is 2. The molecule has 130 valence electrons. The van der Waals surface area contributed by atoms with E-state index in [0.29, 0.717) is 18.4 Å². The molecular formula is C20H22ClN3O. The standard InChI is InChI=1S/C20H21N3O.ClH/c1-4-16-6-3-11-22-20(16)17(5-1)14-24-19-8-2-7-18(23-19)15-9-12-21-13-10-15;/h1-8,11,15,21H,9-10,12-14H2;1H. The second-order valence-corrected chi connectivity index (χ2v) is 6.21. The molecule has 3 aromatic rings. The number of pyridine rings is 2. The van der Waals surface area contributed by atoms with Crippen LogP contribution >= 0.6 is 12.4 Å². The molecule has 1 aliphatic rings. The van der Waals surface area contributed by atoms with Gasteiger partial charge in [-0.15, -0.1) is 12.4 Å². The smallest absolute Gasteiger partial charge is 0.213 e. The van der Waals surface area contributed by atoms with Crippen LogP contribution in [0.1, 0.15) is 30.0 Å². The van der Waals surface area contributed by atoms with Crippen molar-refractivity contribution in [3.63, 3.8) is 0 Å². The van der Waals surface area contributed by atoms with Gasteiger partial charge in [0, 0.05) is 34.8 Å². The third kappa shape index (κ3) is 4.09. The molecular weight excluding hydrogens is 334 g/mol. The summed E-state index contributed by atoms with van der Waals surface area (Å²) in [6.07, 6.45) is 4.11. The minimum Gasteiger partial charge on any atom is -0.473 e. The van der Waals surface area contributed by atoms with Crippen molar-refractivity contribution >= 4 is 23.3 Å². The third-order valence-corrected chi connectivity index (χ3v) is 4.59. The maximum Gasteiger partial charge on any atom is 0.213 e. The number of hydrogen-bond donors (Lipinski definition) is 1. The van der Waals surface area contributed by atoms with Crippen molar-refractivity contribution < 1.29 is 4.74 Å². The highest BCUT2D eigenvalue weighted by Gasteiger charge is 2.16. The lowest BCUT2D eigenvalue weighted by molar-refractivity contribution is 0.292. The van der Waals surface area contributed by atoms with Crippen LogP contribution in [0.4, 0.5) is 0 Å². The van der Waals surface area contributed by atoms with Gasteiger partial charge in [-0.05, 0) is 38.1 Å². The first kappa shape index (κ1) is 17.6. The van der Waals surface area contributed by atoms with Crippen LogP contribution in [-0.4, -0.2) is 23.1 Å². The summed E-state index contributed by atoms with van der Waals surface area (Å²) in [6, 6.07) is 16.3. The van der Waals surface area contributed by atoms with E-state index in [0.717, 1.165) is 48.1 Å². The lowest BCUT2D eigenvalue weighted by Gasteiger charge is -2.22. The summed E-state index contributed by atoms with van der Waals surface area (Å²) in [6.45, 7) is 2.62. The molecule has 4 rings (SSSR count). The van der Waals surface area contributed by atoms with Gasteiger partial charge in [0.15, 0.2) is 0 Å². The molecule has 0 saturated carbocycles. The zero-order valence-corrected chi connectivity index (χ0v) is 14.8. The Hall–Kier alpha value is -2.17. The van der Waals surface area contributed by atoms with Crippen molar-refractivity contribution in [2.45, 2.75) is 25.4 Å². The molecule has 0 amide bonds. The molecule has 4 nitrogen and oxygen atoms in total. The maximum atomic E-state index is 5.96. The largest absolute Gasteiger partial charge is 0.473 e. The summed E-state index contributed by atoms with van der Waals surface area (Å²) in [5, 5.41) is 4.53. The molecule has 0 aliphatic carbocycles. The summed E-state index contributed by atoms with van der Waals surface area (Å²) in [5.74, 6) is 1.23. The predicted molar refractivity (Wildman–Crippen MR) is 102 cm³/mol. The Balaban J connectivity index is 0.00000182. The average molecular weight is 356 g/mol. The van der Waals surface area contributed by atoms with Gasteiger partial charge in [0.05, 0.1) is 5.52 Å². The predicted octanol–water partition coefficient (Wildman–Crippen LogP) is 4.10. The van der Waals surface area contributed by atoms with Gasteiger partial charge >= 0.3 is 0 Å². The van der Waals surface area contributed by atoms with Gasteiger partial charge in [0.25, 0.3) is 0 Å². The molecule has 5 heteroatoms. The van der Waals surface area contributed by atoms with E-state index in [4.69, 9.17) is 9.72 Å². The van der Waals surface area contributed by atoms with Crippen LogP contribution in [0.25, 0.3) is 10.9 Å². The van der Waals surface area contributed by atoms with Crippen LogP contribution < -0.4 is 10.1 Å². The van der Waals surface area contributed by atoms with E-state index in [1.807, 2.05) is 30.5 Å². The Morgan fingerprint density at radius 3 is 2.68 bits per heavy atom. The average Bonchev–Trinajstić information content (AvgIpc) is 2.67. The van der Waals surface area contributed by atoms with Gasteiger partial charge in [-0.1, -0.05) is 30.3 Å². The number of fused-ring (bicyclic) bond motifs is 1. The van der Waals surface area contributed by atoms with Gasteiger partial charge in [0.2, 0.25) is 5.88 Å². The molecule has 1 aromatic carbocycles. The van der Waals surface area contributed by atoms with E-state index in [-0.39, 0.29) is 12.4 Å². The lowest BCUT2D eigenvalue weighted by atomic mass is 9.94. The van der Waals surface area contributed by atoms with Crippen molar-refractivity contribution in [1.82, 2.24) is 15.3 Å². The summed E-state index contributed by atoms with van der Waals surface area (Å²) >= 11 is 0. The van der Waals surface area contributed by atoms with E-state index in [1.165, 1.54) is 0 Å². The Labute approximate surface area is 154 Å². The minimum absolute atomic E-state index is 0. The maximum absolute atomic E-state index is 5.96. The molecule has 0 unspecified atom stereocenters. The van der Waals surface area contributed by atoms with E-state index in [1.54, 1.807) is 0 Å². The van der Waals surface area contributed by atoms with E-state index in [9.17, 15) is 0 Å². The molecule has 25 heavy (non-hydrogen) atoms. The molecule has 3 heterocycles. The van der Waals surface area contributed by atoms with Gasteiger partial charge in [0.1, 0.15) is 6.61 Å². The number of nitrogens with zero attached hydrogens (tertiary/aromatic N) is 2. The van der Waals surface area contributed by atoms with Crippen LogP contribution in [0.2, 0.25) is 0 Å². The first-order valence-corrected chi connectivity index (χ1v) is 8.53. The van der Waals surface area contributed by atoms with Crippen molar-refractivity contribution in [3.8, 4) is 5.88 Å². The fourth-order valence-corrected chi connectivity index (χ4v) is 3.29. The fraction of sp³-hybridized carbons (Fsp3) is 0.300. The summed E-state index contributed by atoms with van der Waals surface area (Å²) in [4.78, 5) is 9.20. The van der Waals surface area contributed by atoms with E-state index < -0.39 is 0 Å². The lowest BCUT2D eigenvalue weighted by Crippen LogP contribution is -2.27. The quantitative estimate of drug-likeness (QED) is 0.765. The Morgan fingerprint density at radius 2 is 1.80 bits per heavy atom. The van der Waals surface area contributed by atoms with E-state index in [2.05, 4.69) is 34.6 Å². The first-order chi connectivity index (χ1) is 11.9. The number of para-hydroxylation sites is 1. The van der Waals surface area contributed by atoms with Crippen LogP contribution in [0.5, 0.6) is 5.88 Å². The van der Waals surface area contributed by atoms with Gasteiger partial charge in [-0.3, -0.25) is 4.98 Å².